The highest BCUT2D eigenvalue weighted by atomic mass is 16.4. The number of hydrogen-bond acceptors (Lipinski definition) is 2. The number of amides is 2. The fraction of sp³-hybridized carbons (Fsp3) is 0.857. The molecule has 1 saturated heterocycles. The molecule has 2 aliphatic rings. The minimum absolute atomic E-state index is 0.107. The molecule has 0 aromatic carbocycles. The average Bonchev–Trinajstić information content (AvgIpc) is 2.84. The zero-order valence-electron chi connectivity index (χ0n) is 12.0. The molecule has 19 heavy (non-hydrogen) atoms. The van der Waals surface area contributed by atoms with E-state index in [9.17, 15) is 14.7 Å². The van der Waals surface area contributed by atoms with Crippen molar-refractivity contribution in [2.24, 2.45) is 10.8 Å². The molecule has 1 saturated carbocycles. The van der Waals surface area contributed by atoms with E-state index in [0.717, 1.165) is 32.4 Å². The number of aliphatic carboxylic acids is 1. The van der Waals surface area contributed by atoms with Gasteiger partial charge in [-0.15, -0.1) is 0 Å². The number of carboxylic acids is 1. The lowest BCUT2D eigenvalue weighted by Crippen LogP contribution is -2.51. The first-order valence-corrected chi connectivity index (χ1v) is 7.03. The summed E-state index contributed by atoms with van der Waals surface area (Å²) in [6.07, 6.45) is 3.26. The summed E-state index contributed by atoms with van der Waals surface area (Å²) < 4.78 is 0. The Hall–Kier alpha value is -1.26. The molecule has 5 nitrogen and oxygen atoms in total. The molecular weight excluding hydrogens is 244 g/mol. The smallest absolute Gasteiger partial charge is 0.317 e. The highest BCUT2D eigenvalue weighted by molar-refractivity contribution is 5.79. The van der Waals surface area contributed by atoms with E-state index in [1.807, 2.05) is 0 Å². The van der Waals surface area contributed by atoms with Crippen LogP contribution in [0.1, 0.15) is 46.5 Å². The van der Waals surface area contributed by atoms with E-state index in [2.05, 4.69) is 19.2 Å². The lowest BCUT2D eigenvalue weighted by atomic mass is 9.85. The standard InChI is InChI=1S/C14H24N2O3/c1-13(2)7-8-16(9-13)12(19)15-10-5-4-6-14(10,3)11(17)18/h10H,4-9H2,1-3H3,(H,15,19)(H,17,18). The fourth-order valence-corrected chi connectivity index (χ4v) is 3.18. The van der Waals surface area contributed by atoms with Crippen molar-refractivity contribution < 1.29 is 14.7 Å². The van der Waals surface area contributed by atoms with Crippen LogP contribution >= 0.6 is 0 Å². The number of nitrogens with one attached hydrogen (secondary N) is 1. The SMILES string of the molecule is CC1(C)CCN(C(=O)NC2CCCC2(C)C(=O)O)C1. The Morgan fingerprint density at radius 2 is 1.95 bits per heavy atom. The number of carboxylic acid groups (broad SMARTS) is 1. The van der Waals surface area contributed by atoms with Crippen LogP contribution in [0, 0.1) is 10.8 Å². The van der Waals surface area contributed by atoms with Crippen LogP contribution in [-0.4, -0.2) is 41.1 Å². The van der Waals surface area contributed by atoms with Gasteiger partial charge in [-0.1, -0.05) is 20.3 Å². The summed E-state index contributed by atoms with van der Waals surface area (Å²) >= 11 is 0. The van der Waals surface area contributed by atoms with Gasteiger partial charge in [-0.2, -0.15) is 0 Å². The van der Waals surface area contributed by atoms with E-state index < -0.39 is 11.4 Å². The highest BCUT2D eigenvalue weighted by Crippen LogP contribution is 2.38. The molecule has 0 aromatic rings. The number of urea groups is 1. The largest absolute Gasteiger partial charge is 0.481 e. The maximum absolute atomic E-state index is 12.2. The summed E-state index contributed by atoms with van der Waals surface area (Å²) in [6.45, 7) is 7.54. The predicted octanol–water partition coefficient (Wildman–Crippen LogP) is 2.07. The molecule has 2 atom stereocenters. The molecule has 2 N–H and O–H groups in total. The second kappa shape index (κ2) is 4.69. The van der Waals surface area contributed by atoms with Crippen LogP contribution < -0.4 is 5.32 Å². The number of rotatable bonds is 2. The van der Waals surface area contributed by atoms with Crippen LogP contribution in [-0.2, 0) is 4.79 Å². The molecular formula is C14H24N2O3. The first kappa shape index (κ1) is 14.2. The van der Waals surface area contributed by atoms with Gasteiger partial charge >= 0.3 is 12.0 Å². The van der Waals surface area contributed by atoms with Crippen LogP contribution in [0.5, 0.6) is 0 Å². The minimum atomic E-state index is -0.815. The average molecular weight is 268 g/mol. The number of carbonyl (C=O) groups excluding carboxylic acids is 1. The molecule has 2 fully saturated rings. The second-order valence-corrected chi connectivity index (χ2v) is 6.95. The van der Waals surface area contributed by atoms with Crippen molar-refractivity contribution in [1.82, 2.24) is 10.2 Å². The summed E-state index contributed by atoms with van der Waals surface area (Å²) in [5.74, 6) is -0.808. The van der Waals surface area contributed by atoms with E-state index in [4.69, 9.17) is 0 Å². The Balaban J connectivity index is 1.98. The number of nitrogens with zero attached hydrogens (tertiary/aromatic N) is 1. The number of carbonyl (C=O) groups is 2. The molecule has 2 amide bonds. The lowest BCUT2D eigenvalue weighted by molar-refractivity contribution is -0.148. The van der Waals surface area contributed by atoms with Gasteiger partial charge in [0.25, 0.3) is 0 Å². The van der Waals surface area contributed by atoms with Crippen molar-refractivity contribution in [2.45, 2.75) is 52.5 Å². The van der Waals surface area contributed by atoms with Gasteiger partial charge in [0.15, 0.2) is 0 Å². The van der Waals surface area contributed by atoms with Crippen LogP contribution in [0.15, 0.2) is 0 Å². The summed E-state index contributed by atoms with van der Waals surface area (Å²) in [7, 11) is 0. The van der Waals surface area contributed by atoms with E-state index in [1.165, 1.54) is 0 Å². The van der Waals surface area contributed by atoms with E-state index in [0.29, 0.717) is 6.42 Å². The first-order chi connectivity index (χ1) is 8.74. The predicted molar refractivity (Wildman–Crippen MR) is 71.9 cm³/mol. The van der Waals surface area contributed by atoms with Gasteiger partial charge in [0.1, 0.15) is 0 Å². The summed E-state index contributed by atoms with van der Waals surface area (Å²) in [5.41, 5.74) is -0.645. The van der Waals surface area contributed by atoms with Gasteiger partial charge in [-0.25, -0.2) is 4.79 Å². The Labute approximate surface area is 114 Å². The van der Waals surface area contributed by atoms with Crippen LogP contribution in [0.25, 0.3) is 0 Å². The zero-order valence-corrected chi connectivity index (χ0v) is 12.0. The molecule has 5 heteroatoms. The monoisotopic (exact) mass is 268 g/mol. The molecule has 2 unspecified atom stereocenters. The van der Waals surface area contributed by atoms with E-state index >= 15 is 0 Å². The van der Waals surface area contributed by atoms with Gasteiger partial charge in [0.05, 0.1) is 5.41 Å². The van der Waals surface area contributed by atoms with E-state index in [1.54, 1.807) is 11.8 Å². The summed E-state index contributed by atoms with van der Waals surface area (Å²) in [5, 5.41) is 12.3. The first-order valence-electron chi connectivity index (χ1n) is 7.03. The molecule has 2 rings (SSSR count). The summed E-state index contributed by atoms with van der Waals surface area (Å²) in [6, 6.07) is -0.355. The van der Waals surface area contributed by atoms with Crippen molar-refractivity contribution >= 4 is 12.0 Å². The van der Waals surface area contributed by atoms with E-state index in [-0.39, 0.29) is 17.5 Å². The van der Waals surface area contributed by atoms with Gasteiger partial charge in [0.2, 0.25) is 0 Å². The van der Waals surface area contributed by atoms with Gasteiger partial charge in [-0.05, 0) is 31.6 Å². The van der Waals surface area contributed by atoms with Crippen molar-refractivity contribution in [2.75, 3.05) is 13.1 Å². The normalized spacial score (nSPS) is 33.4. The topological polar surface area (TPSA) is 69.6 Å². The molecule has 1 heterocycles. The second-order valence-electron chi connectivity index (χ2n) is 6.95. The molecule has 0 aromatic heterocycles. The molecule has 1 aliphatic carbocycles. The Kier molecular flexibility index (Phi) is 3.49. The quantitative estimate of drug-likeness (QED) is 0.805. The van der Waals surface area contributed by atoms with Gasteiger partial charge in [0, 0.05) is 19.1 Å². The van der Waals surface area contributed by atoms with Crippen molar-refractivity contribution in [3.8, 4) is 0 Å². The zero-order chi connectivity index (χ0) is 14.3. The fourth-order valence-electron chi connectivity index (χ4n) is 3.18. The maximum atomic E-state index is 12.2. The Morgan fingerprint density at radius 3 is 2.47 bits per heavy atom. The lowest BCUT2D eigenvalue weighted by Gasteiger charge is -2.30. The Morgan fingerprint density at radius 1 is 1.26 bits per heavy atom. The minimum Gasteiger partial charge on any atom is -0.481 e. The van der Waals surface area contributed by atoms with Crippen LogP contribution in [0.3, 0.4) is 0 Å². The molecule has 0 radical (unpaired) electrons. The summed E-state index contributed by atoms with van der Waals surface area (Å²) in [4.78, 5) is 25.4. The maximum Gasteiger partial charge on any atom is 0.317 e. The van der Waals surface area contributed by atoms with Gasteiger partial charge < -0.3 is 15.3 Å². The van der Waals surface area contributed by atoms with Crippen molar-refractivity contribution in [3.63, 3.8) is 0 Å². The van der Waals surface area contributed by atoms with Crippen molar-refractivity contribution in [3.05, 3.63) is 0 Å². The highest BCUT2D eigenvalue weighted by Gasteiger charge is 2.46. The molecule has 0 bridgehead atoms. The van der Waals surface area contributed by atoms with Gasteiger partial charge in [-0.3, -0.25) is 4.79 Å². The molecule has 108 valence electrons. The Bertz CT molecular complexity index is 394. The third-order valence-electron chi connectivity index (χ3n) is 4.71. The number of likely N-dealkylation sites (tertiary alicyclic amines) is 1. The molecule has 1 aliphatic heterocycles. The van der Waals surface area contributed by atoms with Crippen LogP contribution in [0.4, 0.5) is 4.79 Å². The third-order valence-corrected chi connectivity index (χ3v) is 4.71. The van der Waals surface area contributed by atoms with Crippen molar-refractivity contribution in [1.29, 1.82) is 0 Å². The van der Waals surface area contributed by atoms with Crippen LogP contribution in [0.2, 0.25) is 0 Å². The molecule has 0 spiro atoms. The number of hydrogen-bond donors (Lipinski definition) is 2. The third kappa shape index (κ3) is 2.69.